The summed E-state index contributed by atoms with van der Waals surface area (Å²) in [5.74, 6) is 1.29. The predicted octanol–water partition coefficient (Wildman–Crippen LogP) is 4.68. The van der Waals surface area contributed by atoms with Crippen LogP contribution in [0, 0.1) is 0 Å². The minimum absolute atomic E-state index is 0.0655. The van der Waals surface area contributed by atoms with Crippen molar-refractivity contribution in [2.75, 3.05) is 20.3 Å². The lowest BCUT2D eigenvalue weighted by Crippen LogP contribution is -2.13. The second-order valence-corrected chi connectivity index (χ2v) is 7.02. The van der Waals surface area contributed by atoms with Gasteiger partial charge in [-0.25, -0.2) is 0 Å². The van der Waals surface area contributed by atoms with Gasteiger partial charge in [0.2, 0.25) is 0 Å². The largest absolute Gasteiger partial charge is 0.491 e. The molecular weight excluding hydrogens is 274 g/mol. The van der Waals surface area contributed by atoms with Crippen LogP contribution in [-0.2, 0) is 10.2 Å². The van der Waals surface area contributed by atoms with Crippen LogP contribution in [0.4, 0.5) is 0 Å². The Morgan fingerprint density at radius 3 is 2.41 bits per heavy atom. The van der Waals surface area contributed by atoms with Gasteiger partial charge in [0, 0.05) is 18.2 Å². The highest BCUT2D eigenvalue weighted by Crippen LogP contribution is 2.33. The van der Waals surface area contributed by atoms with Crippen LogP contribution >= 0.6 is 0 Å². The molecule has 0 radical (unpaired) electrons. The van der Waals surface area contributed by atoms with Crippen molar-refractivity contribution in [3.8, 4) is 5.75 Å². The number of fused-ring (bicyclic) bond motifs is 1. The minimum atomic E-state index is 0.0655. The summed E-state index contributed by atoms with van der Waals surface area (Å²) in [4.78, 5) is 4.81. The van der Waals surface area contributed by atoms with Crippen LogP contribution in [0.3, 0.4) is 0 Å². The summed E-state index contributed by atoms with van der Waals surface area (Å²) < 4.78 is 10.8. The van der Waals surface area contributed by atoms with Crippen LogP contribution in [0.25, 0.3) is 10.9 Å². The summed E-state index contributed by atoms with van der Waals surface area (Å²) in [5, 5.41) is 1.17. The fraction of sp³-hybridized carbons (Fsp3) is 0.526. The number of benzene rings is 1. The molecular formula is C19H27NO2. The molecule has 0 aliphatic rings. The van der Waals surface area contributed by atoms with Crippen molar-refractivity contribution in [1.82, 2.24) is 4.98 Å². The van der Waals surface area contributed by atoms with Gasteiger partial charge in [-0.2, -0.15) is 0 Å². The number of rotatable bonds is 5. The first-order chi connectivity index (χ1) is 10.3. The van der Waals surface area contributed by atoms with Crippen molar-refractivity contribution in [1.29, 1.82) is 0 Å². The van der Waals surface area contributed by atoms with Gasteiger partial charge in [0.15, 0.2) is 0 Å². The van der Waals surface area contributed by atoms with Crippen molar-refractivity contribution in [3.63, 3.8) is 0 Å². The summed E-state index contributed by atoms with van der Waals surface area (Å²) in [7, 11) is 1.68. The van der Waals surface area contributed by atoms with E-state index in [1.54, 1.807) is 7.11 Å². The van der Waals surface area contributed by atoms with Gasteiger partial charge in [0.25, 0.3) is 0 Å². The molecule has 22 heavy (non-hydrogen) atoms. The zero-order valence-corrected chi connectivity index (χ0v) is 14.6. The Balaban J connectivity index is 2.52. The Bertz CT molecular complexity index is 642. The van der Waals surface area contributed by atoms with Gasteiger partial charge in [-0.1, -0.05) is 34.6 Å². The van der Waals surface area contributed by atoms with E-state index in [0.29, 0.717) is 19.1 Å². The topological polar surface area (TPSA) is 31.4 Å². The van der Waals surface area contributed by atoms with Crippen LogP contribution < -0.4 is 4.74 Å². The van der Waals surface area contributed by atoms with Gasteiger partial charge < -0.3 is 9.47 Å². The molecule has 0 spiro atoms. The molecule has 2 rings (SSSR count). The van der Waals surface area contributed by atoms with E-state index >= 15 is 0 Å². The van der Waals surface area contributed by atoms with Gasteiger partial charge in [0.05, 0.1) is 12.1 Å². The first-order valence-electron chi connectivity index (χ1n) is 7.90. The maximum Gasteiger partial charge on any atom is 0.120 e. The fourth-order valence-corrected chi connectivity index (χ4v) is 2.47. The van der Waals surface area contributed by atoms with Crippen LogP contribution in [0.5, 0.6) is 5.75 Å². The highest BCUT2D eigenvalue weighted by atomic mass is 16.5. The van der Waals surface area contributed by atoms with Crippen molar-refractivity contribution in [2.24, 2.45) is 0 Å². The summed E-state index contributed by atoms with van der Waals surface area (Å²) in [6, 6.07) is 8.38. The third-order valence-corrected chi connectivity index (χ3v) is 3.76. The Hall–Kier alpha value is -1.61. The van der Waals surface area contributed by atoms with Crippen LogP contribution in [0.1, 0.15) is 51.8 Å². The minimum Gasteiger partial charge on any atom is -0.491 e. The number of hydrogen-bond donors (Lipinski definition) is 0. The van der Waals surface area contributed by atoms with Crippen molar-refractivity contribution < 1.29 is 9.47 Å². The summed E-state index contributed by atoms with van der Waals surface area (Å²) in [6.45, 7) is 12.2. The van der Waals surface area contributed by atoms with E-state index in [1.807, 2.05) is 6.07 Å². The second kappa shape index (κ2) is 6.66. The number of nitrogens with zero attached hydrogens (tertiary/aromatic N) is 1. The number of aromatic nitrogens is 1. The zero-order valence-electron chi connectivity index (χ0n) is 14.6. The summed E-state index contributed by atoms with van der Waals surface area (Å²) in [6.07, 6.45) is 0. The van der Waals surface area contributed by atoms with E-state index in [-0.39, 0.29) is 5.41 Å². The van der Waals surface area contributed by atoms with E-state index < -0.39 is 0 Å². The van der Waals surface area contributed by atoms with Gasteiger partial charge in [-0.05, 0) is 41.2 Å². The maximum absolute atomic E-state index is 5.75. The third kappa shape index (κ3) is 3.77. The Morgan fingerprint density at radius 1 is 1.09 bits per heavy atom. The average molecular weight is 301 g/mol. The van der Waals surface area contributed by atoms with Crippen molar-refractivity contribution in [3.05, 3.63) is 35.5 Å². The lowest BCUT2D eigenvalue weighted by molar-refractivity contribution is 0.146. The molecule has 0 unspecified atom stereocenters. The third-order valence-electron chi connectivity index (χ3n) is 3.76. The number of ether oxygens (including phenoxy) is 2. The average Bonchev–Trinajstić information content (AvgIpc) is 2.45. The first kappa shape index (κ1) is 16.8. The molecule has 1 aromatic carbocycles. The SMILES string of the molecule is COCCOc1ccc2nc(C(C)C)cc(C(C)(C)C)c2c1. The smallest absolute Gasteiger partial charge is 0.120 e. The zero-order chi connectivity index (χ0) is 16.3. The molecule has 1 heterocycles. The van der Waals surface area contributed by atoms with Gasteiger partial charge in [-0.15, -0.1) is 0 Å². The molecule has 0 fully saturated rings. The molecule has 3 nitrogen and oxygen atoms in total. The van der Waals surface area contributed by atoms with Crippen LogP contribution in [0.15, 0.2) is 24.3 Å². The quantitative estimate of drug-likeness (QED) is 0.751. The Labute approximate surface area is 133 Å². The van der Waals surface area contributed by atoms with Gasteiger partial charge in [-0.3, -0.25) is 4.98 Å². The lowest BCUT2D eigenvalue weighted by Gasteiger charge is -2.23. The molecule has 120 valence electrons. The van der Waals surface area contributed by atoms with Gasteiger partial charge in [0.1, 0.15) is 12.4 Å². The second-order valence-electron chi connectivity index (χ2n) is 7.02. The molecule has 0 aliphatic carbocycles. The van der Waals surface area contributed by atoms with Gasteiger partial charge >= 0.3 is 0 Å². The standard InChI is InChI=1S/C19H27NO2/c1-13(2)18-12-16(19(3,4)5)15-11-14(22-10-9-21-6)7-8-17(15)20-18/h7-8,11-13H,9-10H2,1-6H3. The highest BCUT2D eigenvalue weighted by Gasteiger charge is 2.20. The molecule has 0 amide bonds. The Morgan fingerprint density at radius 2 is 1.82 bits per heavy atom. The molecule has 0 atom stereocenters. The summed E-state index contributed by atoms with van der Waals surface area (Å²) >= 11 is 0. The number of pyridine rings is 1. The van der Waals surface area contributed by atoms with E-state index in [1.165, 1.54) is 10.9 Å². The Kier molecular flexibility index (Phi) is 5.07. The van der Waals surface area contributed by atoms with Crippen LogP contribution in [-0.4, -0.2) is 25.3 Å². The molecule has 0 saturated carbocycles. The van der Waals surface area contributed by atoms with Crippen LogP contribution in [0.2, 0.25) is 0 Å². The highest BCUT2D eigenvalue weighted by molar-refractivity contribution is 5.85. The van der Waals surface area contributed by atoms with E-state index in [9.17, 15) is 0 Å². The van der Waals surface area contributed by atoms with E-state index in [4.69, 9.17) is 14.5 Å². The van der Waals surface area contributed by atoms with Crippen molar-refractivity contribution >= 4 is 10.9 Å². The molecule has 0 aliphatic heterocycles. The number of hydrogen-bond acceptors (Lipinski definition) is 3. The maximum atomic E-state index is 5.75. The molecule has 0 saturated heterocycles. The van der Waals surface area contributed by atoms with Crippen molar-refractivity contribution in [2.45, 2.75) is 46.0 Å². The number of methoxy groups -OCH3 is 1. The molecule has 0 bridgehead atoms. The molecule has 2 aromatic rings. The fourth-order valence-electron chi connectivity index (χ4n) is 2.47. The monoisotopic (exact) mass is 301 g/mol. The first-order valence-corrected chi connectivity index (χ1v) is 7.90. The molecule has 3 heteroatoms. The normalized spacial score (nSPS) is 12.1. The lowest BCUT2D eigenvalue weighted by atomic mass is 9.83. The molecule has 0 N–H and O–H groups in total. The van der Waals surface area contributed by atoms with E-state index in [2.05, 4.69) is 52.8 Å². The summed E-state index contributed by atoms with van der Waals surface area (Å²) in [5.41, 5.74) is 3.56. The molecule has 1 aromatic heterocycles. The van der Waals surface area contributed by atoms with E-state index in [0.717, 1.165) is 17.0 Å². The predicted molar refractivity (Wildman–Crippen MR) is 91.9 cm³/mol.